The molecule has 0 bridgehead atoms. The van der Waals surface area contributed by atoms with Crippen LogP contribution in [0.1, 0.15) is 10.4 Å². The summed E-state index contributed by atoms with van der Waals surface area (Å²) in [5.41, 5.74) is 1.92. The maximum Gasteiger partial charge on any atom is 0.262 e. The topological polar surface area (TPSA) is 56.1 Å². The average Bonchev–Trinajstić information content (AvgIpc) is 3.03. The monoisotopic (exact) mass is 389 g/mol. The first-order valence-electron chi connectivity index (χ1n) is 6.90. The number of carbonyl (C=O) groups is 1. The van der Waals surface area contributed by atoms with Gasteiger partial charge < -0.3 is 10.2 Å². The molecule has 1 amide bonds. The number of anilines is 1. The molecule has 0 fully saturated rings. The molecule has 1 aromatic carbocycles. The van der Waals surface area contributed by atoms with E-state index in [1.54, 1.807) is 17.4 Å². The SMILES string of the molecule is CN(C)c1ccc(/C=C(/C#N)C(=O)NCc2cccs2)cc1Br. The molecule has 0 spiro atoms. The summed E-state index contributed by atoms with van der Waals surface area (Å²) in [7, 11) is 3.91. The Bertz CT molecular complexity index is 761. The number of rotatable bonds is 5. The maximum absolute atomic E-state index is 12.1. The molecule has 1 heterocycles. The zero-order valence-corrected chi connectivity index (χ0v) is 15.2. The number of carbonyl (C=O) groups excluding carboxylic acids is 1. The molecule has 23 heavy (non-hydrogen) atoms. The van der Waals surface area contributed by atoms with Gasteiger partial charge in [-0.25, -0.2) is 0 Å². The van der Waals surface area contributed by atoms with Crippen LogP contribution in [0.2, 0.25) is 0 Å². The Balaban J connectivity index is 2.13. The van der Waals surface area contributed by atoms with E-state index in [4.69, 9.17) is 0 Å². The number of hydrogen-bond donors (Lipinski definition) is 1. The zero-order chi connectivity index (χ0) is 16.8. The van der Waals surface area contributed by atoms with Crippen molar-refractivity contribution in [3.05, 3.63) is 56.2 Å². The number of amides is 1. The van der Waals surface area contributed by atoms with Gasteiger partial charge in [0.1, 0.15) is 11.6 Å². The molecule has 0 aliphatic rings. The molecule has 0 aliphatic carbocycles. The Labute approximate surface area is 148 Å². The van der Waals surface area contributed by atoms with Crippen molar-refractivity contribution in [1.29, 1.82) is 5.26 Å². The van der Waals surface area contributed by atoms with Crippen LogP contribution in [-0.4, -0.2) is 20.0 Å². The van der Waals surface area contributed by atoms with E-state index >= 15 is 0 Å². The van der Waals surface area contributed by atoms with Gasteiger partial charge in [0.2, 0.25) is 0 Å². The third kappa shape index (κ3) is 4.68. The molecule has 2 aromatic rings. The summed E-state index contributed by atoms with van der Waals surface area (Å²) < 4.78 is 0.910. The Kier molecular flexibility index (Phi) is 5.97. The average molecular weight is 390 g/mol. The van der Waals surface area contributed by atoms with Crippen LogP contribution in [0.15, 0.2) is 45.8 Å². The quantitative estimate of drug-likeness (QED) is 0.624. The first kappa shape index (κ1) is 17.3. The number of hydrogen-bond acceptors (Lipinski definition) is 4. The minimum Gasteiger partial charge on any atom is -0.377 e. The van der Waals surface area contributed by atoms with Crippen molar-refractivity contribution in [2.75, 3.05) is 19.0 Å². The van der Waals surface area contributed by atoms with Crippen LogP contribution in [0.5, 0.6) is 0 Å². The van der Waals surface area contributed by atoms with Crippen LogP contribution in [0, 0.1) is 11.3 Å². The van der Waals surface area contributed by atoms with Crippen molar-refractivity contribution >= 4 is 44.9 Å². The molecule has 0 atom stereocenters. The van der Waals surface area contributed by atoms with Crippen LogP contribution >= 0.6 is 27.3 Å². The zero-order valence-electron chi connectivity index (χ0n) is 12.8. The van der Waals surface area contributed by atoms with E-state index in [2.05, 4.69) is 21.2 Å². The summed E-state index contributed by atoms with van der Waals surface area (Å²) in [6.45, 7) is 0.429. The van der Waals surface area contributed by atoms with Gasteiger partial charge in [-0.2, -0.15) is 5.26 Å². The lowest BCUT2D eigenvalue weighted by atomic mass is 10.1. The van der Waals surface area contributed by atoms with Crippen molar-refractivity contribution in [3.8, 4) is 6.07 Å². The summed E-state index contributed by atoms with van der Waals surface area (Å²) in [5, 5.41) is 13.9. The maximum atomic E-state index is 12.1. The standard InChI is InChI=1S/C17H16BrN3OS/c1-21(2)16-6-5-12(9-15(16)18)8-13(10-19)17(22)20-11-14-4-3-7-23-14/h3-9H,11H2,1-2H3,(H,20,22)/b13-8-. The summed E-state index contributed by atoms with van der Waals surface area (Å²) in [4.78, 5) is 15.1. The lowest BCUT2D eigenvalue weighted by Gasteiger charge is -2.14. The van der Waals surface area contributed by atoms with Crippen LogP contribution < -0.4 is 10.2 Å². The van der Waals surface area contributed by atoms with Gasteiger partial charge in [-0.1, -0.05) is 12.1 Å². The van der Waals surface area contributed by atoms with E-state index in [9.17, 15) is 10.1 Å². The predicted molar refractivity (Wildman–Crippen MR) is 98.2 cm³/mol. The van der Waals surface area contributed by atoms with E-state index < -0.39 is 0 Å². The molecule has 1 N–H and O–H groups in total. The third-order valence-electron chi connectivity index (χ3n) is 3.13. The van der Waals surface area contributed by atoms with Gasteiger partial charge in [0.25, 0.3) is 5.91 Å². The largest absolute Gasteiger partial charge is 0.377 e. The fourth-order valence-electron chi connectivity index (χ4n) is 1.97. The van der Waals surface area contributed by atoms with Crippen LogP contribution in [0.25, 0.3) is 6.08 Å². The van der Waals surface area contributed by atoms with Crippen LogP contribution in [0.4, 0.5) is 5.69 Å². The van der Waals surface area contributed by atoms with E-state index in [-0.39, 0.29) is 11.5 Å². The second-order valence-corrected chi connectivity index (χ2v) is 6.92. The van der Waals surface area contributed by atoms with E-state index in [0.717, 1.165) is 20.6 Å². The molecule has 0 unspecified atom stereocenters. The molecule has 6 heteroatoms. The number of halogens is 1. The molecule has 1 aromatic heterocycles. The van der Waals surface area contributed by atoms with Gasteiger partial charge in [0.15, 0.2) is 0 Å². The summed E-state index contributed by atoms with van der Waals surface area (Å²) in [6.07, 6.45) is 1.59. The fraction of sp³-hybridized carbons (Fsp3) is 0.176. The highest BCUT2D eigenvalue weighted by Crippen LogP contribution is 2.26. The molecule has 0 saturated carbocycles. The van der Waals surface area contributed by atoms with Gasteiger partial charge in [-0.05, 0) is 51.1 Å². The minimum atomic E-state index is -0.367. The molecule has 0 saturated heterocycles. The lowest BCUT2D eigenvalue weighted by Crippen LogP contribution is -2.23. The number of thiophene rings is 1. The molecular formula is C17H16BrN3OS. The van der Waals surface area contributed by atoms with Crippen LogP contribution in [-0.2, 0) is 11.3 Å². The molecule has 0 radical (unpaired) electrons. The predicted octanol–water partition coefficient (Wildman–Crippen LogP) is 3.80. The number of nitrogens with zero attached hydrogens (tertiary/aromatic N) is 2. The Morgan fingerprint density at radius 1 is 1.43 bits per heavy atom. The highest BCUT2D eigenvalue weighted by atomic mass is 79.9. The van der Waals surface area contributed by atoms with Gasteiger partial charge in [0, 0.05) is 23.4 Å². The second-order valence-electron chi connectivity index (χ2n) is 5.04. The Morgan fingerprint density at radius 3 is 2.78 bits per heavy atom. The third-order valence-corrected chi connectivity index (χ3v) is 4.64. The number of nitrogens with one attached hydrogen (secondary N) is 1. The second kappa shape index (κ2) is 7.95. The number of benzene rings is 1. The van der Waals surface area contributed by atoms with E-state index in [0.29, 0.717) is 6.54 Å². The van der Waals surface area contributed by atoms with Crippen molar-refractivity contribution in [2.24, 2.45) is 0 Å². The normalized spacial score (nSPS) is 11.0. The van der Waals surface area contributed by atoms with Crippen LogP contribution in [0.3, 0.4) is 0 Å². The molecular weight excluding hydrogens is 374 g/mol. The van der Waals surface area contributed by atoms with Gasteiger partial charge >= 0.3 is 0 Å². The first-order chi connectivity index (χ1) is 11.0. The molecule has 0 aliphatic heterocycles. The number of nitriles is 1. The molecule has 118 valence electrons. The van der Waals surface area contributed by atoms with Crippen molar-refractivity contribution < 1.29 is 4.79 Å². The summed E-state index contributed by atoms with van der Waals surface area (Å²) >= 11 is 5.07. The Hall–Kier alpha value is -2.10. The van der Waals surface area contributed by atoms with Crippen molar-refractivity contribution in [2.45, 2.75) is 6.54 Å². The highest BCUT2D eigenvalue weighted by molar-refractivity contribution is 9.10. The van der Waals surface area contributed by atoms with Gasteiger partial charge in [-0.3, -0.25) is 4.79 Å². The van der Waals surface area contributed by atoms with Gasteiger partial charge in [0.05, 0.1) is 12.2 Å². The highest BCUT2D eigenvalue weighted by Gasteiger charge is 2.10. The molecule has 4 nitrogen and oxygen atoms in total. The van der Waals surface area contributed by atoms with Crippen molar-refractivity contribution in [3.63, 3.8) is 0 Å². The van der Waals surface area contributed by atoms with Gasteiger partial charge in [-0.15, -0.1) is 11.3 Å². The minimum absolute atomic E-state index is 0.0889. The molecule has 2 rings (SSSR count). The van der Waals surface area contributed by atoms with E-state index in [1.165, 1.54) is 0 Å². The smallest absolute Gasteiger partial charge is 0.262 e. The summed E-state index contributed by atoms with van der Waals surface area (Å²) in [5.74, 6) is -0.367. The fourth-order valence-corrected chi connectivity index (χ4v) is 3.36. The Morgan fingerprint density at radius 2 is 2.22 bits per heavy atom. The lowest BCUT2D eigenvalue weighted by molar-refractivity contribution is -0.117. The van der Waals surface area contributed by atoms with Crippen molar-refractivity contribution in [1.82, 2.24) is 5.32 Å². The summed E-state index contributed by atoms with van der Waals surface area (Å²) in [6, 6.07) is 11.5. The van der Waals surface area contributed by atoms with E-state index in [1.807, 2.05) is 60.8 Å². The first-order valence-corrected chi connectivity index (χ1v) is 8.58.